The van der Waals surface area contributed by atoms with Gasteiger partial charge in [0, 0.05) is 17.2 Å². The van der Waals surface area contributed by atoms with E-state index in [0.717, 1.165) is 47.8 Å². The van der Waals surface area contributed by atoms with E-state index >= 15 is 0 Å². The van der Waals surface area contributed by atoms with Crippen LogP contribution in [0.3, 0.4) is 0 Å². The van der Waals surface area contributed by atoms with Crippen LogP contribution < -0.4 is 10.6 Å². The van der Waals surface area contributed by atoms with E-state index in [0.29, 0.717) is 12.3 Å². The standard InChI is InChI=1S/C21H24ClFN2OS.ClH/c1-2-9-25-21(26)17-5-3-14(12-19(17)23)13-27-20-16-8-11-24-10-7-15(16)4-6-18(20)22;/h3-6,12,24H,2,7-11,13H2,1H3,(H,25,26);1H. The number of carbonyl (C=O) groups excluding carboxylic acids is 1. The van der Waals surface area contributed by atoms with Crippen LogP contribution >= 0.6 is 35.8 Å². The molecule has 3 rings (SSSR count). The molecule has 0 saturated heterocycles. The normalized spacial score (nSPS) is 13.2. The molecule has 0 radical (unpaired) electrons. The number of hydrogen-bond acceptors (Lipinski definition) is 3. The fourth-order valence-electron chi connectivity index (χ4n) is 3.19. The molecule has 0 aromatic heterocycles. The molecule has 0 fully saturated rings. The Morgan fingerprint density at radius 2 is 2.04 bits per heavy atom. The molecule has 2 aromatic rings. The maximum Gasteiger partial charge on any atom is 0.254 e. The highest BCUT2D eigenvalue weighted by Gasteiger charge is 2.16. The summed E-state index contributed by atoms with van der Waals surface area (Å²) in [5.41, 5.74) is 3.56. The predicted octanol–water partition coefficient (Wildman–Crippen LogP) is 5.02. The molecule has 3 nitrogen and oxygen atoms in total. The van der Waals surface area contributed by atoms with Crippen molar-refractivity contribution in [1.82, 2.24) is 10.6 Å². The minimum absolute atomic E-state index is 0. The molecule has 0 spiro atoms. The molecule has 152 valence electrons. The number of benzene rings is 2. The molecular formula is C21H25Cl2FN2OS. The molecule has 0 saturated carbocycles. The monoisotopic (exact) mass is 442 g/mol. The van der Waals surface area contributed by atoms with Crippen molar-refractivity contribution in [1.29, 1.82) is 0 Å². The fourth-order valence-corrected chi connectivity index (χ4v) is 4.63. The number of hydrogen-bond donors (Lipinski definition) is 2. The first-order chi connectivity index (χ1) is 13.1. The Bertz CT molecular complexity index is 832. The van der Waals surface area contributed by atoms with Crippen LogP contribution in [0.4, 0.5) is 4.39 Å². The summed E-state index contributed by atoms with van der Waals surface area (Å²) in [5, 5.41) is 6.87. The lowest BCUT2D eigenvalue weighted by atomic mass is 10.0. The topological polar surface area (TPSA) is 41.1 Å². The van der Waals surface area contributed by atoms with Crippen molar-refractivity contribution in [3.8, 4) is 0 Å². The van der Waals surface area contributed by atoms with E-state index < -0.39 is 5.82 Å². The van der Waals surface area contributed by atoms with Crippen LogP contribution in [0.25, 0.3) is 0 Å². The summed E-state index contributed by atoms with van der Waals surface area (Å²) in [6, 6.07) is 8.89. The average molecular weight is 443 g/mol. The van der Waals surface area contributed by atoms with E-state index in [1.165, 1.54) is 17.2 Å². The Balaban J connectivity index is 0.00000280. The second kappa shape index (κ2) is 11.1. The minimum atomic E-state index is -0.483. The van der Waals surface area contributed by atoms with Crippen molar-refractivity contribution in [2.75, 3.05) is 19.6 Å². The number of nitrogens with one attached hydrogen (secondary N) is 2. The zero-order valence-electron chi connectivity index (χ0n) is 15.8. The van der Waals surface area contributed by atoms with E-state index in [9.17, 15) is 9.18 Å². The second-order valence-electron chi connectivity index (χ2n) is 6.62. The molecule has 0 unspecified atom stereocenters. The Kier molecular flexibility index (Phi) is 9.09. The summed E-state index contributed by atoms with van der Waals surface area (Å²) >= 11 is 8.09. The molecule has 28 heavy (non-hydrogen) atoms. The van der Waals surface area contributed by atoms with Crippen molar-refractivity contribution in [2.45, 2.75) is 36.8 Å². The molecular weight excluding hydrogens is 418 g/mol. The van der Waals surface area contributed by atoms with Gasteiger partial charge in [0.1, 0.15) is 5.82 Å². The van der Waals surface area contributed by atoms with Gasteiger partial charge >= 0.3 is 0 Å². The largest absolute Gasteiger partial charge is 0.352 e. The van der Waals surface area contributed by atoms with Crippen molar-refractivity contribution in [3.63, 3.8) is 0 Å². The van der Waals surface area contributed by atoms with Gasteiger partial charge in [0.05, 0.1) is 10.6 Å². The van der Waals surface area contributed by atoms with Gasteiger partial charge < -0.3 is 10.6 Å². The first-order valence-corrected chi connectivity index (χ1v) is 10.7. The lowest BCUT2D eigenvalue weighted by molar-refractivity contribution is 0.0949. The third kappa shape index (κ3) is 5.63. The van der Waals surface area contributed by atoms with Crippen LogP contribution in [0.1, 0.15) is 40.4 Å². The van der Waals surface area contributed by atoms with Gasteiger partial charge in [-0.2, -0.15) is 0 Å². The van der Waals surface area contributed by atoms with E-state index in [-0.39, 0.29) is 23.9 Å². The van der Waals surface area contributed by atoms with Gasteiger partial charge in [0.2, 0.25) is 0 Å². The van der Waals surface area contributed by atoms with Crippen LogP contribution in [-0.2, 0) is 18.6 Å². The van der Waals surface area contributed by atoms with Crippen LogP contribution in [0.2, 0.25) is 5.02 Å². The molecule has 0 bridgehead atoms. The van der Waals surface area contributed by atoms with Gasteiger partial charge in [-0.15, -0.1) is 24.2 Å². The molecule has 1 aliphatic heterocycles. The lowest BCUT2D eigenvalue weighted by Crippen LogP contribution is -2.24. The van der Waals surface area contributed by atoms with Gasteiger partial charge in [-0.05, 0) is 67.2 Å². The summed E-state index contributed by atoms with van der Waals surface area (Å²) in [7, 11) is 0. The summed E-state index contributed by atoms with van der Waals surface area (Å²) in [6.07, 6.45) is 2.76. The Morgan fingerprint density at radius 3 is 2.79 bits per heavy atom. The predicted molar refractivity (Wildman–Crippen MR) is 118 cm³/mol. The lowest BCUT2D eigenvalue weighted by Gasteiger charge is -2.14. The van der Waals surface area contributed by atoms with Gasteiger partial charge in [-0.3, -0.25) is 4.79 Å². The van der Waals surface area contributed by atoms with E-state index in [2.05, 4.69) is 16.7 Å². The van der Waals surface area contributed by atoms with Crippen molar-refractivity contribution in [3.05, 3.63) is 63.4 Å². The van der Waals surface area contributed by atoms with Crippen LogP contribution in [0.5, 0.6) is 0 Å². The van der Waals surface area contributed by atoms with Crippen LogP contribution in [0.15, 0.2) is 35.2 Å². The summed E-state index contributed by atoms with van der Waals surface area (Å²) in [4.78, 5) is 13.1. The molecule has 2 N–H and O–H groups in total. The molecule has 1 aliphatic rings. The van der Waals surface area contributed by atoms with Crippen LogP contribution in [0, 0.1) is 5.82 Å². The molecule has 1 amide bonds. The summed E-state index contributed by atoms with van der Waals surface area (Å²) in [5.74, 6) is -0.237. The van der Waals surface area contributed by atoms with Crippen molar-refractivity contribution in [2.24, 2.45) is 0 Å². The van der Waals surface area contributed by atoms with Gasteiger partial charge in [-0.1, -0.05) is 30.7 Å². The third-order valence-electron chi connectivity index (χ3n) is 4.63. The Hall–Kier alpha value is -1.27. The average Bonchev–Trinajstić information content (AvgIpc) is 2.91. The SMILES string of the molecule is CCCNC(=O)c1ccc(CSc2c(Cl)ccc3c2CCNCC3)cc1F.Cl. The first kappa shape index (κ1) is 23.0. The number of thioether (sulfide) groups is 1. The second-order valence-corrected chi connectivity index (χ2v) is 8.02. The Morgan fingerprint density at radius 1 is 1.25 bits per heavy atom. The zero-order valence-corrected chi connectivity index (χ0v) is 18.2. The molecule has 2 aromatic carbocycles. The summed E-state index contributed by atoms with van der Waals surface area (Å²) in [6.45, 7) is 4.42. The van der Waals surface area contributed by atoms with Crippen molar-refractivity contribution < 1.29 is 9.18 Å². The van der Waals surface area contributed by atoms with E-state index in [1.54, 1.807) is 17.8 Å². The van der Waals surface area contributed by atoms with Crippen molar-refractivity contribution >= 4 is 41.7 Å². The molecule has 0 aliphatic carbocycles. The molecule has 7 heteroatoms. The minimum Gasteiger partial charge on any atom is -0.352 e. The van der Waals surface area contributed by atoms with Crippen LogP contribution in [-0.4, -0.2) is 25.5 Å². The number of fused-ring (bicyclic) bond motifs is 1. The van der Waals surface area contributed by atoms with E-state index in [4.69, 9.17) is 11.6 Å². The van der Waals surface area contributed by atoms with Gasteiger partial charge in [0.15, 0.2) is 0 Å². The molecule has 1 heterocycles. The third-order valence-corrected chi connectivity index (χ3v) is 6.29. The summed E-state index contributed by atoms with van der Waals surface area (Å²) < 4.78 is 14.4. The van der Waals surface area contributed by atoms with Gasteiger partial charge in [0.25, 0.3) is 5.91 Å². The Labute approximate surface area is 181 Å². The van der Waals surface area contributed by atoms with E-state index in [1.807, 2.05) is 19.1 Å². The highest BCUT2D eigenvalue weighted by atomic mass is 35.5. The number of rotatable bonds is 6. The number of halogens is 3. The quantitative estimate of drug-likeness (QED) is 0.616. The number of carbonyl (C=O) groups is 1. The number of amides is 1. The van der Waals surface area contributed by atoms with Gasteiger partial charge in [-0.25, -0.2) is 4.39 Å². The zero-order chi connectivity index (χ0) is 19.2. The first-order valence-electron chi connectivity index (χ1n) is 9.30. The fraction of sp³-hybridized carbons (Fsp3) is 0.381. The highest BCUT2D eigenvalue weighted by molar-refractivity contribution is 7.98. The maximum absolute atomic E-state index is 14.4. The highest BCUT2D eigenvalue weighted by Crippen LogP contribution is 2.36. The smallest absolute Gasteiger partial charge is 0.254 e. The maximum atomic E-state index is 14.4. The molecule has 0 atom stereocenters.